The molecule has 0 aliphatic carbocycles. The van der Waals surface area contributed by atoms with Crippen molar-refractivity contribution in [2.75, 3.05) is 75.7 Å². The number of amides is 1. The van der Waals surface area contributed by atoms with Crippen LogP contribution in [0.1, 0.15) is 127 Å². The van der Waals surface area contributed by atoms with Crippen LogP contribution in [0.4, 0.5) is 4.79 Å². The summed E-state index contributed by atoms with van der Waals surface area (Å²) in [5, 5.41) is 24.9. The molecule has 1 aromatic rings. The Morgan fingerprint density at radius 1 is 0.892 bits per heavy atom. The van der Waals surface area contributed by atoms with Gasteiger partial charge in [-0.1, -0.05) is 45.9 Å². The van der Waals surface area contributed by atoms with Crippen molar-refractivity contribution in [2.24, 2.45) is 29.6 Å². The molecule has 5 heterocycles. The molecule has 17 nitrogen and oxygen atoms in total. The lowest BCUT2D eigenvalue weighted by atomic mass is 9.68. The number of carbonyl (C=O) groups excluding carboxylic acids is 2. The van der Waals surface area contributed by atoms with Gasteiger partial charge in [0.05, 0.1) is 49.1 Å². The molecule has 5 fully saturated rings. The fraction of sp³-hybridized carbons (Fsp3) is 0.860. The molecule has 6 rings (SSSR count). The lowest BCUT2D eigenvalue weighted by Gasteiger charge is -2.54. The second-order valence-corrected chi connectivity index (χ2v) is 24.5. The van der Waals surface area contributed by atoms with Crippen LogP contribution in [0.2, 0.25) is 0 Å². The molecule has 0 aromatic heterocycles. The maximum absolute atomic E-state index is 15.1. The zero-order valence-corrected chi connectivity index (χ0v) is 48.7. The normalized spacial score (nSPS) is 41.7. The summed E-state index contributed by atoms with van der Waals surface area (Å²) in [6, 6.07) is 7.47. The molecule has 0 spiro atoms. The van der Waals surface area contributed by atoms with E-state index in [1.807, 2.05) is 97.6 Å². The molecule has 5 aliphatic rings. The minimum absolute atomic E-state index is 0.0204. The summed E-state index contributed by atoms with van der Waals surface area (Å²) < 4.78 is 59.4. The van der Waals surface area contributed by atoms with E-state index in [0.717, 1.165) is 24.2 Å². The van der Waals surface area contributed by atoms with Gasteiger partial charge in [-0.15, -0.1) is 0 Å². The summed E-state index contributed by atoms with van der Waals surface area (Å²) in [6.45, 7) is 26.3. The Hall–Kier alpha value is -2.68. The summed E-state index contributed by atoms with van der Waals surface area (Å²) in [5.41, 5.74) is -4.10. The van der Waals surface area contributed by atoms with E-state index in [9.17, 15) is 15.0 Å². The van der Waals surface area contributed by atoms with Crippen molar-refractivity contribution >= 4 is 12.1 Å². The number of fused-ring (bicyclic) bond motifs is 1. The van der Waals surface area contributed by atoms with Crippen molar-refractivity contribution in [2.45, 2.75) is 211 Å². The summed E-state index contributed by atoms with van der Waals surface area (Å²) in [7, 11) is 12.9. The third kappa shape index (κ3) is 11.7. The highest BCUT2D eigenvalue weighted by atomic mass is 16.7. The smallest absolute Gasteiger partial charge is 0.410 e. The number of cyclic esters (lactones) is 1. The Labute approximate surface area is 444 Å². The van der Waals surface area contributed by atoms with Crippen molar-refractivity contribution in [1.82, 2.24) is 19.6 Å². The summed E-state index contributed by atoms with van der Waals surface area (Å²) >= 11 is 0. The first-order chi connectivity index (χ1) is 34.6. The summed E-state index contributed by atoms with van der Waals surface area (Å²) in [4.78, 5) is 37.2. The van der Waals surface area contributed by atoms with E-state index in [0.29, 0.717) is 38.9 Å². The van der Waals surface area contributed by atoms with Gasteiger partial charge in [0.15, 0.2) is 18.2 Å². The molecule has 0 radical (unpaired) electrons. The van der Waals surface area contributed by atoms with Crippen molar-refractivity contribution in [3.05, 3.63) is 29.8 Å². The van der Waals surface area contributed by atoms with E-state index in [1.54, 1.807) is 28.3 Å². The number of carbonyl (C=O) groups is 2. The SMILES string of the molecule is CC[C@H]1OC(=O)[C@H](C)[C@@H](O[C@H]2C[C@@](C)(OC)[C@@](O)(CN(C)CCN(C)C(C)(C)c3ccccc3OC)[C@H](C)O2)[C@H](C)[C@@H](O[C@@H]2O[C@H](C)C[C@H](N(C)C)[C@H]2O)[C@@](C)(OC)C[C@@H](C)[C@@H]2CCCN3C(=O)O[C@@]1(C)[C@H]3[C@@H]2C. The first kappa shape index (κ1) is 60.5. The number of hydrogen-bond acceptors (Lipinski definition) is 16. The zero-order valence-electron chi connectivity index (χ0n) is 48.7. The molecule has 17 heteroatoms. The second-order valence-electron chi connectivity index (χ2n) is 24.5. The predicted octanol–water partition coefficient (Wildman–Crippen LogP) is 6.93. The molecule has 5 aliphatic heterocycles. The number of aliphatic hydroxyl groups excluding tert-OH is 1. The van der Waals surface area contributed by atoms with E-state index < -0.39 is 83.3 Å². The molecular formula is C57H98N4O13. The van der Waals surface area contributed by atoms with Gasteiger partial charge in [-0.2, -0.15) is 0 Å². The highest BCUT2D eigenvalue weighted by Crippen LogP contribution is 2.50. The maximum atomic E-state index is 15.1. The van der Waals surface area contributed by atoms with Crippen LogP contribution in [0.25, 0.3) is 0 Å². The van der Waals surface area contributed by atoms with Crippen LogP contribution >= 0.6 is 0 Å². The van der Waals surface area contributed by atoms with E-state index in [4.69, 9.17) is 42.6 Å². The van der Waals surface area contributed by atoms with Crippen LogP contribution in [-0.4, -0.2) is 201 Å². The highest BCUT2D eigenvalue weighted by Gasteiger charge is 2.62. The van der Waals surface area contributed by atoms with Gasteiger partial charge in [-0.3, -0.25) is 9.69 Å². The highest BCUT2D eigenvalue weighted by molar-refractivity contribution is 5.74. The van der Waals surface area contributed by atoms with E-state index in [-0.39, 0.29) is 60.5 Å². The lowest BCUT2D eigenvalue weighted by molar-refractivity contribution is -0.339. The van der Waals surface area contributed by atoms with Crippen molar-refractivity contribution < 1.29 is 62.4 Å². The molecule has 5 saturated heterocycles. The number of para-hydroxylation sites is 1. The molecule has 0 unspecified atom stereocenters. The Kier molecular flexibility index (Phi) is 19.4. The van der Waals surface area contributed by atoms with Gasteiger partial charge in [-0.05, 0) is 140 Å². The number of likely N-dealkylation sites (N-methyl/N-ethyl adjacent to an activating group) is 3. The monoisotopic (exact) mass is 1050 g/mol. The molecule has 1 aromatic carbocycles. The summed E-state index contributed by atoms with van der Waals surface area (Å²) in [6.07, 6.45) is -3.61. The number of benzene rings is 1. The fourth-order valence-corrected chi connectivity index (χ4v) is 14.0. The predicted molar refractivity (Wildman–Crippen MR) is 283 cm³/mol. The van der Waals surface area contributed by atoms with Crippen LogP contribution in [0.5, 0.6) is 5.75 Å². The number of aliphatic hydroxyl groups is 2. The van der Waals surface area contributed by atoms with Crippen LogP contribution in [-0.2, 0) is 48.2 Å². The molecule has 2 N–H and O–H groups in total. The van der Waals surface area contributed by atoms with Crippen LogP contribution in [0.3, 0.4) is 0 Å². The molecule has 424 valence electrons. The Balaban J connectivity index is 1.35. The number of hydrogen-bond donors (Lipinski definition) is 2. The van der Waals surface area contributed by atoms with Crippen molar-refractivity contribution in [3.63, 3.8) is 0 Å². The molecule has 2 bridgehead atoms. The average molecular weight is 1050 g/mol. The van der Waals surface area contributed by atoms with Gasteiger partial charge >= 0.3 is 12.1 Å². The minimum atomic E-state index is -1.50. The van der Waals surface area contributed by atoms with Gasteiger partial charge in [0.1, 0.15) is 29.2 Å². The van der Waals surface area contributed by atoms with E-state index >= 15 is 4.79 Å². The molecule has 74 heavy (non-hydrogen) atoms. The number of methoxy groups -OCH3 is 3. The summed E-state index contributed by atoms with van der Waals surface area (Å²) in [5.74, 6) is -1.10. The standard InChI is InChI=1S/C57H98N4O13/c1-20-44-56(12)48-36(4)40(24-23-27-61(48)52(64)74-56)34(2)31-54(10,67-18)49(73-51-46(62)42(58(13)14)30-35(3)69-51)37(5)47(38(6)50(63)71-44)72-45-32-55(11,68-19)57(65,39(7)70-45)33-59(15)28-29-60(16)53(8,9)41-25-21-22-26-43(41)66-17/h21-22,25-26,34-40,42,44-49,51,62,65H,20,23-24,27-33H2,1-19H3/t34-,35-,36-,37+,38-,39+,40+,42+,44-,45+,46-,47+,48-,49-,51+,54+,55-,56-,57-/m1/s1. The van der Waals surface area contributed by atoms with Gasteiger partial charge < -0.3 is 67.5 Å². The van der Waals surface area contributed by atoms with E-state index in [1.165, 1.54) is 0 Å². The average Bonchev–Trinajstić information content (AvgIpc) is 3.47. The molecule has 0 saturated carbocycles. The topological polar surface area (TPSA) is 171 Å². The Bertz CT molecular complexity index is 2030. The zero-order chi connectivity index (χ0) is 55.0. The number of nitrogens with zero attached hydrogens (tertiary/aromatic N) is 4. The van der Waals surface area contributed by atoms with Crippen LogP contribution in [0.15, 0.2) is 24.3 Å². The minimum Gasteiger partial charge on any atom is -0.496 e. The first-order valence-electron chi connectivity index (χ1n) is 27.6. The van der Waals surface area contributed by atoms with Crippen LogP contribution in [0, 0.1) is 29.6 Å². The molecule has 19 atom stereocenters. The largest absolute Gasteiger partial charge is 0.496 e. The van der Waals surface area contributed by atoms with Crippen LogP contribution < -0.4 is 4.74 Å². The molecular weight excluding hydrogens is 949 g/mol. The van der Waals surface area contributed by atoms with Crippen molar-refractivity contribution in [3.8, 4) is 5.75 Å². The van der Waals surface area contributed by atoms with Gasteiger partial charge in [0, 0.05) is 69.9 Å². The second kappa shape index (κ2) is 23.7. The number of esters is 1. The van der Waals surface area contributed by atoms with Gasteiger partial charge in [0.25, 0.3) is 0 Å². The number of ether oxygens (including phenoxy) is 9. The fourth-order valence-electron chi connectivity index (χ4n) is 14.0. The first-order valence-corrected chi connectivity index (χ1v) is 27.6. The third-order valence-electron chi connectivity index (χ3n) is 19.1. The Morgan fingerprint density at radius 3 is 2.19 bits per heavy atom. The quantitative estimate of drug-likeness (QED) is 0.163. The van der Waals surface area contributed by atoms with Gasteiger partial charge in [0.2, 0.25) is 0 Å². The lowest BCUT2D eigenvalue weighted by Crippen LogP contribution is -2.70. The van der Waals surface area contributed by atoms with E-state index in [2.05, 4.69) is 50.6 Å². The van der Waals surface area contributed by atoms with Crippen molar-refractivity contribution in [1.29, 1.82) is 0 Å². The van der Waals surface area contributed by atoms with Gasteiger partial charge in [-0.25, -0.2) is 4.79 Å². The molecule has 1 amide bonds. The Morgan fingerprint density at radius 2 is 1.57 bits per heavy atom. The maximum Gasteiger partial charge on any atom is 0.410 e. The number of rotatable bonds is 16. The third-order valence-corrected chi connectivity index (χ3v) is 19.1.